The number of fused-ring (bicyclic) bond motifs is 9. The number of rotatable bonds is 4. The van der Waals surface area contributed by atoms with Crippen molar-refractivity contribution in [1.29, 1.82) is 0 Å². The van der Waals surface area contributed by atoms with E-state index >= 15 is 0 Å². The number of hydrogen-bond donors (Lipinski definition) is 0. The van der Waals surface area contributed by atoms with Crippen LogP contribution in [0.1, 0.15) is 0 Å². The lowest BCUT2D eigenvalue weighted by Crippen LogP contribution is -1.92. The molecule has 0 saturated carbocycles. The fraction of sp³-hybridized carbons (Fsp3) is 0. The first-order valence-corrected chi connectivity index (χ1v) is 16.6. The zero-order valence-electron chi connectivity index (χ0n) is 26.5. The average Bonchev–Trinajstić information content (AvgIpc) is 3.57. The second kappa shape index (κ2) is 11.0. The predicted octanol–water partition coefficient (Wildman–Crippen LogP) is 12.5. The molecule has 0 saturated heterocycles. The molecule has 0 radical (unpaired) electrons. The molecule has 10 rings (SSSR count). The summed E-state index contributed by atoms with van der Waals surface area (Å²) in [6, 6.07) is 57.6. The third kappa shape index (κ3) is 4.37. The van der Waals surface area contributed by atoms with E-state index in [1.54, 1.807) is 0 Å². The molecule has 0 aliphatic carbocycles. The molecule has 0 spiro atoms. The van der Waals surface area contributed by atoms with Crippen molar-refractivity contribution in [3.8, 4) is 44.6 Å². The number of nitrogens with zero attached hydrogens (tertiary/aromatic N) is 2. The Kier molecular flexibility index (Phi) is 6.18. The highest BCUT2D eigenvalue weighted by atomic mass is 16.3. The normalized spacial score (nSPS) is 11.7. The molecule has 3 heteroatoms. The molecule has 0 unspecified atom stereocenters. The van der Waals surface area contributed by atoms with Gasteiger partial charge in [0, 0.05) is 32.7 Å². The third-order valence-corrected chi connectivity index (χ3v) is 9.76. The van der Waals surface area contributed by atoms with Crippen LogP contribution in [0.2, 0.25) is 0 Å². The topological polar surface area (TPSA) is 38.9 Å². The van der Waals surface area contributed by atoms with Gasteiger partial charge in [-0.1, -0.05) is 158 Å². The maximum Gasteiger partial charge on any atom is 0.143 e. The first-order chi connectivity index (χ1) is 24.3. The summed E-state index contributed by atoms with van der Waals surface area (Å²) in [6.45, 7) is 0. The lowest BCUT2D eigenvalue weighted by atomic mass is 9.88. The Balaban J connectivity index is 1.08. The van der Waals surface area contributed by atoms with Gasteiger partial charge in [-0.05, 0) is 44.7 Å². The Morgan fingerprint density at radius 1 is 0.347 bits per heavy atom. The van der Waals surface area contributed by atoms with Gasteiger partial charge in [0.05, 0.1) is 22.9 Å². The van der Waals surface area contributed by atoms with Crippen molar-refractivity contribution < 1.29 is 4.42 Å². The largest absolute Gasteiger partial charge is 0.455 e. The summed E-state index contributed by atoms with van der Waals surface area (Å²) in [5.74, 6) is 0. The van der Waals surface area contributed by atoms with E-state index < -0.39 is 0 Å². The van der Waals surface area contributed by atoms with Crippen LogP contribution < -0.4 is 0 Å². The summed E-state index contributed by atoms with van der Waals surface area (Å²) in [6.07, 6.45) is 1.90. The van der Waals surface area contributed by atoms with Crippen molar-refractivity contribution in [3.05, 3.63) is 170 Å². The van der Waals surface area contributed by atoms with E-state index in [9.17, 15) is 0 Å². The summed E-state index contributed by atoms with van der Waals surface area (Å²) in [5.41, 5.74) is 12.4. The summed E-state index contributed by atoms with van der Waals surface area (Å²) in [4.78, 5) is 10.2. The Morgan fingerprint density at radius 3 is 1.55 bits per heavy atom. The third-order valence-electron chi connectivity index (χ3n) is 9.76. The predicted molar refractivity (Wildman–Crippen MR) is 204 cm³/mol. The number of aromatic nitrogens is 2. The van der Waals surface area contributed by atoms with Crippen LogP contribution in [0.3, 0.4) is 0 Å². The fourth-order valence-electron chi connectivity index (χ4n) is 7.46. The number of para-hydroxylation sites is 2. The monoisotopic (exact) mass is 624 g/mol. The van der Waals surface area contributed by atoms with E-state index in [0.29, 0.717) is 0 Å². The molecule has 49 heavy (non-hydrogen) atoms. The van der Waals surface area contributed by atoms with Crippen molar-refractivity contribution >= 4 is 54.5 Å². The van der Waals surface area contributed by atoms with Gasteiger partial charge >= 0.3 is 0 Å². The first kappa shape index (κ1) is 27.5. The Labute approximate surface area is 282 Å². The Morgan fingerprint density at radius 2 is 0.837 bits per heavy atom. The van der Waals surface area contributed by atoms with Gasteiger partial charge in [-0.3, -0.25) is 4.98 Å². The molecule has 8 aromatic carbocycles. The molecular formula is C46H28N2O. The standard InChI is InChI=1S/C46H28N2O/c1-2-13-32(33-14-3-4-17-36(33)40-21-11-22-41-37-18-9-10-23-43(37)49-46(40)41)31(12-1)29-24-26-30(27-25-29)42-28-47-44-38-19-7-5-15-34(38)35-16-6-8-20-39(35)45(44)48-42/h1-28H. The zero-order chi connectivity index (χ0) is 32.3. The quantitative estimate of drug-likeness (QED) is 0.183. The molecule has 0 fully saturated rings. The van der Waals surface area contributed by atoms with E-state index in [1.807, 2.05) is 18.3 Å². The second-order valence-electron chi connectivity index (χ2n) is 12.5. The van der Waals surface area contributed by atoms with E-state index in [2.05, 4.69) is 152 Å². The molecule has 10 aromatic rings. The minimum Gasteiger partial charge on any atom is -0.455 e. The van der Waals surface area contributed by atoms with Crippen LogP contribution in [-0.2, 0) is 0 Å². The van der Waals surface area contributed by atoms with Gasteiger partial charge in [-0.25, -0.2) is 4.98 Å². The number of benzene rings is 8. The van der Waals surface area contributed by atoms with E-state index in [-0.39, 0.29) is 0 Å². The van der Waals surface area contributed by atoms with Gasteiger partial charge in [0.15, 0.2) is 0 Å². The van der Waals surface area contributed by atoms with Crippen molar-refractivity contribution in [2.75, 3.05) is 0 Å². The van der Waals surface area contributed by atoms with Crippen molar-refractivity contribution in [2.45, 2.75) is 0 Å². The summed E-state index contributed by atoms with van der Waals surface area (Å²) < 4.78 is 6.46. The molecule has 2 aromatic heterocycles. The Hall–Kier alpha value is -6.58. The maximum absolute atomic E-state index is 6.46. The van der Waals surface area contributed by atoms with Gasteiger partial charge in [-0.15, -0.1) is 0 Å². The molecular weight excluding hydrogens is 597 g/mol. The number of furan rings is 1. The van der Waals surface area contributed by atoms with Crippen LogP contribution in [0.15, 0.2) is 174 Å². The van der Waals surface area contributed by atoms with Gasteiger partial charge in [0.1, 0.15) is 11.2 Å². The van der Waals surface area contributed by atoms with Crippen LogP contribution in [0.4, 0.5) is 0 Å². The molecule has 0 bridgehead atoms. The van der Waals surface area contributed by atoms with Crippen molar-refractivity contribution in [3.63, 3.8) is 0 Å². The van der Waals surface area contributed by atoms with Crippen LogP contribution in [0.5, 0.6) is 0 Å². The van der Waals surface area contributed by atoms with Crippen LogP contribution in [-0.4, -0.2) is 9.97 Å². The van der Waals surface area contributed by atoms with Gasteiger partial charge in [0.25, 0.3) is 0 Å². The molecule has 3 nitrogen and oxygen atoms in total. The van der Waals surface area contributed by atoms with Gasteiger partial charge in [0.2, 0.25) is 0 Å². The molecule has 0 amide bonds. The zero-order valence-corrected chi connectivity index (χ0v) is 26.5. The molecule has 0 aliphatic heterocycles. The minimum absolute atomic E-state index is 0.858. The second-order valence-corrected chi connectivity index (χ2v) is 12.5. The van der Waals surface area contributed by atoms with E-state index in [1.165, 1.54) is 21.9 Å². The molecule has 0 N–H and O–H groups in total. The van der Waals surface area contributed by atoms with Gasteiger partial charge in [-0.2, -0.15) is 0 Å². The average molecular weight is 625 g/mol. The molecule has 228 valence electrons. The summed E-state index contributed by atoms with van der Waals surface area (Å²) >= 11 is 0. The van der Waals surface area contributed by atoms with E-state index in [0.717, 1.165) is 77.3 Å². The van der Waals surface area contributed by atoms with Crippen LogP contribution >= 0.6 is 0 Å². The van der Waals surface area contributed by atoms with Crippen LogP contribution in [0.25, 0.3) is 99.2 Å². The highest BCUT2D eigenvalue weighted by Crippen LogP contribution is 2.42. The van der Waals surface area contributed by atoms with Gasteiger partial charge < -0.3 is 4.42 Å². The highest BCUT2D eigenvalue weighted by Gasteiger charge is 2.17. The van der Waals surface area contributed by atoms with Crippen molar-refractivity contribution in [2.24, 2.45) is 0 Å². The number of hydrogen-bond acceptors (Lipinski definition) is 3. The van der Waals surface area contributed by atoms with Crippen LogP contribution in [0, 0.1) is 0 Å². The highest BCUT2D eigenvalue weighted by molar-refractivity contribution is 6.23. The lowest BCUT2D eigenvalue weighted by molar-refractivity contribution is 0.670. The van der Waals surface area contributed by atoms with Crippen molar-refractivity contribution in [1.82, 2.24) is 9.97 Å². The van der Waals surface area contributed by atoms with E-state index in [4.69, 9.17) is 14.4 Å². The molecule has 2 heterocycles. The smallest absolute Gasteiger partial charge is 0.143 e. The Bertz CT molecular complexity index is 2850. The molecule has 0 aliphatic rings. The SMILES string of the molecule is c1ccc(-c2ccccc2-c2cccc3c2oc2ccccc23)c(-c2ccc(-c3cnc4c5ccccc5c5ccccc5c4n3)cc2)c1. The summed E-state index contributed by atoms with van der Waals surface area (Å²) in [7, 11) is 0. The fourth-order valence-corrected chi connectivity index (χ4v) is 7.46. The molecule has 0 atom stereocenters. The maximum atomic E-state index is 6.46. The summed E-state index contributed by atoms with van der Waals surface area (Å²) in [5, 5.41) is 6.90. The lowest BCUT2D eigenvalue weighted by Gasteiger charge is -2.15. The first-order valence-electron chi connectivity index (χ1n) is 16.6. The minimum atomic E-state index is 0.858.